The van der Waals surface area contributed by atoms with Crippen molar-refractivity contribution in [1.82, 2.24) is 0 Å². The van der Waals surface area contributed by atoms with Gasteiger partial charge in [-0.2, -0.15) is 0 Å². The summed E-state index contributed by atoms with van der Waals surface area (Å²) in [6.45, 7) is 2.16. The molecule has 11 heavy (non-hydrogen) atoms. The van der Waals surface area contributed by atoms with Gasteiger partial charge in [0.05, 0.1) is 0 Å². The van der Waals surface area contributed by atoms with Crippen LogP contribution in [0, 0.1) is 0 Å². The van der Waals surface area contributed by atoms with E-state index in [4.69, 9.17) is 16.6 Å². The van der Waals surface area contributed by atoms with Gasteiger partial charge in [-0.1, -0.05) is 32.6 Å². The minimum absolute atomic E-state index is 0.244. The summed E-state index contributed by atoms with van der Waals surface area (Å²) in [5.74, 6) is 0. The van der Waals surface area contributed by atoms with Gasteiger partial charge in [0.2, 0.25) is 0 Å². The lowest BCUT2D eigenvalue weighted by atomic mass is 10.1. The molecule has 0 fully saturated rings. The number of hydrogen-bond acceptors (Lipinski definition) is 3. The van der Waals surface area contributed by atoms with Crippen molar-refractivity contribution in [3.63, 3.8) is 0 Å². The third-order valence-electron chi connectivity index (χ3n) is 1.83. The molecule has 0 rings (SSSR count). The van der Waals surface area contributed by atoms with Crippen LogP contribution in [0.3, 0.4) is 0 Å². The first-order chi connectivity index (χ1) is 5.18. The second-order valence-corrected chi connectivity index (χ2v) is 3.00. The maximum absolute atomic E-state index is 8.83. The number of hydrogen-bond donors (Lipinski definition) is 3. The zero-order valence-electron chi connectivity index (χ0n) is 7.29. The highest BCUT2D eigenvalue weighted by molar-refractivity contribution is 4.65. The molecule has 3 heteroatoms. The zero-order chi connectivity index (χ0) is 8.69. The minimum atomic E-state index is -0.850. The van der Waals surface area contributed by atoms with Crippen LogP contribution in [0.15, 0.2) is 0 Å². The second-order valence-electron chi connectivity index (χ2n) is 3.00. The maximum atomic E-state index is 8.83. The molecule has 0 heterocycles. The first-order valence-electron chi connectivity index (χ1n) is 4.37. The third-order valence-corrected chi connectivity index (χ3v) is 1.83. The summed E-state index contributed by atoms with van der Waals surface area (Å²) in [7, 11) is 0. The van der Waals surface area contributed by atoms with Crippen LogP contribution in [-0.4, -0.2) is 17.4 Å². The predicted molar refractivity (Wildman–Crippen MR) is 46.9 cm³/mol. The van der Waals surface area contributed by atoms with Crippen molar-refractivity contribution in [2.24, 2.45) is 11.5 Å². The molecule has 0 spiro atoms. The van der Waals surface area contributed by atoms with E-state index in [0.29, 0.717) is 0 Å². The Hall–Kier alpha value is -0.120. The third kappa shape index (κ3) is 6.28. The number of nitrogens with two attached hydrogens (primary N) is 2. The van der Waals surface area contributed by atoms with E-state index < -0.39 is 6.23 Å². The summed E-state index contributed by atoms with van der Waals surface area (Å²) >= 11 is 0. The van der Waals surface area contributed by atoms with E-state index in [2.05, 4.69) is 6.92 Å². The molecule has 0 amide bonds. The highest BCUT2D eigenvalue weighted by Gasteiger charge is 2.07. The molecule has 0 aromatic rings. The molecule has 2 unspecified atom stereocenters. The molecule has 2 atom stereocenters. The van der Waals surface area contributed by atoms with E-state index in [9.17, 15) is 0 Å². The molecule has 0 saturated carbocycles. The van der Waals surface area contributed by atoms with E-state index >= 15 is 0 Å². The summed E-state index contributed by atoms with van der Waals surface area (Å²) in [5, 5.41) is 8.83. The minimum Gasteiger partial charge on any atom is -0.377 e. The Bertz CT molecular complexity index is 86.2. The standard InChI is InChI=1S/C8H20N2O/c1-2-3-4-5-6-7(9)8(10)11/h7-8,11H,2-6,9-10H2,1H3. The van der Waals surface area contributed by atoms with E-state index in [1.165, 1.54) is 19.3 Å². The van der Waals surface area contributed by atoms with E-state index in [1.54, 1.807) is 0 Å². The zero-order valence-corrected chi connectivity index (χ0v) is 7.29. The summed E-state index contributed by atoms with van der Waals surface area (Å²) in [6.07, 6.45) is 4.71. The van der Waals surface area contributed by atoms with Crippen LogP contribution in [0.1, 0.15) is 39.0 Å². The van der Waals surface area contributed by atoms with Gasteiger partial charge < -0.3 is 16.6 Å². The fraction of sp³-hybridized carbons (Fsp3) is 1.00. The number of unbranched alkanes of at least 4 members (excludes halogenated alkanes) is 3. The van der Waals surface area contributed by atoms with E-state index in [-0.39, 0.29) is 6.04 Å². The second kappa shape index (κ2) is 6.58. The van der Waals surface area contributed by atoms with Crippen LogP contribution in [-0.2, 0) is 0 Å². The normalized spacial score (nSPS) is 16.4. The van der Waals surface area contributed by atoms with Crippen molar-refractivity contribution in [2.45, 2.75) is 51.3 Å². The average Bonchev–Trinajstić information content (AvgIpc) is 1.97. The topological polar surface area (TPSA) is 72.3 Å². The molecule has 0 aliphatic rings. The molecule has 68 valence electrons. The lowest BCUT2D eigenvalue weighted by Crippen LogP contribution is -2.40. The molecule has 3 nitrogen and oxygen atoms in total. The van der Waals surface area contributed by atoms with Crippen LogP contribution >= 0.6 is 0 Å². The Balaban J connectivity index is 3.10. The molecule has 0 radical (unpaired) electrons. The Morgan fingerprint density at radius 3 is 2.27 bits per heavy atom. The molecule has 0 bridgehead atoms. The lowest BCUT2D eigenvalue weighted by molar-refractivity contribution is 0.146. The van der Waals surface area contributed by atoms with Crippen LogP contribution in [0.25, 0.3) is 0 Å². The monoisotopic (exact) mass is 160 g/mol. The van der Waals surface area contributed by atoms with Gasteiger partial charge in [-0.3, -0.25) is 0 Å². The smallest absolute Gasteiger partial charge is 0.117 e. The molecule has 5 N–H and O–H groups in total. The first-order valence-corrected chi connectivity index (χ1v) is 4.37. The summed E-state index contributed by atoms with van der Waals surface area (Å²) in [4.78, 5) is 0. The van der Waals surface area contributed by atoms with Crippen LogP contribution in [0.2, 0.25) is 0 Å². The number of rotatable bonds is 6. The summed E-state index contributed by atoms with van der Waals surface area (Å²) in [6, 6.07) is -0.244. The van der Waals surface area contributed by atoms with Gasteiger partial charge in [-0.25, -0.2) is 0 Å². The van der Waals surface area contributed by atoms with Gasteiger partial charge in [-0.05, 0) is 6.42 Å². The molecule has 0 saturated heterocycles. The highest BCUT2D eigenvalue weighted by atomic mass is 16.3. The SMILES string of the molecule is CCCCCCC(N)C(N)O. The fourth-order valence-electron chi connectivity index (χ4n) is 0.978. The van der Waals surface area contributed by atoms with E-state index in [0.717, 1.165) is 12.8 Å². The predicted octanol–water partition coefficient (Wildman–Crippen LogP) is 0.561. The lowest BCUT2D eigenvalue weighted by Gasteiger charge is -2.13. The Morgan fingerprint density at radius 1 is 1.18 bits per heavy atom. The van der Waals surface area contributed by atoms with Crippen molar-refractivity contribution < 1.29 is 5.11 Å². The summed E-state index contributed by atoms with van der Waals surface area (Å²) < 4.78 is 0. The number of aliphatic hydroxyl groups is 1. The van der Waals surface area contributed by atoms with Gasteiger partial charge in [0.1, 0.15) is 6.23 Å². The van der Waals surface area contributed by atoms with Gasteiger partial charge in [0, 0.05) is 6.04 Å². The van der Waals surface area contributed by atoms with E-state index in [1.807, 2.05) is 0 Å². The van der Waals surface area contributed by atoms with Crippen molar-refractivity contribution in [2.75, 3.05) is 0 Å². The molecule has 0 aliphatic heterocycles. The van der Waals surface area contributed by atoms with Gasteiger partial charge in [0.25, 0.3) is 0 Å². The fourth-order valence-corrected chi connectivity index (χ4v) is 0.978. The number of aliphatic hydroxyl groups excluding tert-OH is 1. The van der Waals surface area contributed by atoms with Gasteiger partial charge in [-0.15, -0.1) is 0 Å². The molecule has 0 aromatic heterocycles. The van der Waals surface area contributed by atoms with Gasteiger partial charge in [0.15, 0.2) is 0 Å². The first kappa shape index (κ1) is 10.9. The molecule has 0 aliphatic carbocycles. The van der Waals surface area contributed by atoms with Crippen molar-refractivity contribution >= 4 is 0 Å². The van der Waals surface area contributed by atoms with Crippen molar-refractivity contribution in [3.05, 3.63) is 0 Å². The Morgan fingerprint density at radius 2 is 1.82 bits per heavy atom. The molecular formula is C8H20N2O. The quantitative estimate of drug-likeness (QED) is 0.393. The highest BCUT2D eigenvalue weighted by Crippen LogP contribution is 2.04. The Labute approximate surface area is 68.8 Å². The Kier molecular flexibility index (Phi) is 6.51. The van der Waals surface area contributed by atoms with Crippen molar-refractivity contribution in [3.8, 4) is 0 Å². The maximum Gasteiger partial charge on any atom is 0.117 e. The largest absolute Gasteiger partial charge is 0.377 e. The van der Waals surface area contributed by atoms with Crippen molar-refractivity contribution in [1.29, 1.82) is 0 Å². The van der Waals surface area contributed by atoms with Gasteiger partial charge >= 0.3 is 0 Å². The summed E-state index contributed by atoms with van der Waals surface area (Å²) in [5.41, 5.74) is 10.7. The molecule has 0 aromatic carbocycles. The van der Waals surface area contributed by atoms with Crippen LogP contribution in [0.4, 0.5) is 0 Å². The van der Waals surface area contributed by atoms with Crippen LogP contribution < -0.4 is 11.5 Å². The molecular weight excluding hydrogens is 140 g/mol. The average molecular weight is 160 g/mol. The van der Waals surface area contributed by atoms with Crippen LogP contribution in [0.5, 0.6) is 0 Å².